The monoisotopic (exact) mass is 437 g/mol. The number of nitrogens with zero attached hydrogens (tertiary/aromatic N) is 4. The number of benzene rings is 2. The van der Waals surface area contributed by atoms with Crippen molar-refractivity contribution in [2.75, 3.05) is 12.9 Å². The second-order valence-electron chi connectivity index (χ2n) is 6.96. The second-order valence-corrected chi connectivity index (χ2v) is 8.34. The number of nitrogens with one attached hydrogen (secondary N) is 1. The maximum Gasteiger partial charge on any atom is 0.218 e. The molecule has 0 aliphatic heterocycles. The molecule has 4 rings (SSSR count). The minimum absolute atomic E-state index is 0.281. The van der Waals surface area contributed by atoms with E-state index in [0.717, 1.165) is 38.3 Å². The summed E-state index contributed by atoms with van der Waals surface area (Å²) in [5.41, 5.74) is 5.94. The largest absolute Gasteiger partial charge is 0.395 e. The number of hydrogen-bond acceptors (Lipinski definition) is 6. The molecule has 0 saturated carbocycles. The fourth-order valence-corrected chi connectivity index (χ4v) is 4.03. The van der Waals surface area contributed by atoms with Crippen LogP contribution >= 0.6 is 0 Å². The van der Waals surface area contributed by atoms with E-state index in [-0.39, 0.29) is 5.82 Å². The van der Waals surface area contributed by atoms with Crippen molar-refractivity contribution >= 4 is 34.2 Å². The van der Waals surface area contributed by atoms with Crippen molar-refractivity contribution in [3.8, 4) is 0 Å². The van der Waals surface area contributed by atoms with Crippen molar-refractivity contribution in [3.05, 3.63) is 76.4 Å². The highest BCUT2D eigenvalue weighted by atomic mass is 32.2. The Labute approximate surface area is 181 Å². The lowest BCUT2D eigenvalue weighted by atomic mass is 10.0. The molecule has 0 saturated heterocycles. The van der Waals surface area contributed by atoms with Crippen molar-refractivity contribution in [3.63, 3.8) is 0 Å². The van der Waals surface area contributed by atoms with E-state index in [2.05, 4.69) is 31.9 Å². The third kappa shape index (κ3) is 4.66. The number of halogens is 1. The third-order valence-corrected chi connectivity index (χ3v) is 5.96. The van der Waals surface area contributed by atoms with Crippen molar-refractivity contribution in [2.45, 2.75) is 18.2 Å². The quantitative estimate of drug-likeness (QED) is 0.344. The number of hydrogen-bond donors (Lipinski definition) is 1. The molecular weight excluding hydrogens is 417 g/mol. The van der Waals surface area contributed by atoms with Gasteiger partial charge >= 0.3 is 0 Å². The van der Waals surface area contributed by atoms with E-state index >= 15 is 0 Å². The van der Waals surface area contributed by atoms with Gasteiger partial charge in [0.05, 0.1) is 0 Å². The molecule has 7 nitrogen and oxygen atoms in total. The second kappa shape index (κ2) is 9.13. The minimum Gasteiger partial charge on any atom is -0.395 e. The van der Waals surface area contributed by atoms with Gasteiger partial charge in [-0.05, 0) is 75.9 Å². The molecule has 3 aromatic rings. The Bertz CT molecular complexity index is 1200. The summed E-state index contributed by atoms with van der Waals surface area (Å²) >= 11 is 0. The first-order chi connectivity index (χ1) is 15.0. The Balaban J connectivity index is 1.57. The highest BCUT2D eigenvalue weighted by Crippen LogP contribution is 2.43. The summed E-state index contributed by atoms with van der Waals surface area (Å²) in [5.74, 6) is 0.0444. The lowest BCUT2D eigenvalue weighted by Crippen LogP contribution is -1.94. The van der Waals surface area contributed by atoms with Crippen LogP contribution < -0.4 is 0 Å². The van der Waals surface area contributed by atoms with Gasteiger partial charge in [0.25, 0.3) is 0 Å². The van der Waals surface area contributed by atoms with Crippen molar-refractivity contribution in [1.29, 1.82) is 0 Å². The summed E-state index contributed by atoms with van der Waals surface area (Å²) in [7, 11) is -1.02. The molecule has 0 bridgehead atoms. The molecule has 31 heavy (non-hydrogen) atoms. The summed E-state index contributed by atoms with van der Waals surface area (Å²) in [6, 6.07) is 12.4. The third-order valence-electron chi connectivity index (χ3n) is 5.02. The predicted octanol–water partition coefficient (Wildman–Crippen LogP) is 3.84. The number of allylic oxidation sites excluding steroid dienone is 2. The summed E-state index contributed by atoms with van der Waals surface area (Å²) in [6.07, 6.45) is 5.65. The van der Waals surface area contributed by atoms with Crippen LogP contribution in [0.5, 0.6) is 0 Å². The standard InChI is InChI=1S/C22H20FN5O2S/c1-14-18(9-10-30-24-13-22-25-27-28-26-22)21-12-16(23)5-8-19(21)20(14)11-15-3-6-17(7-4-15)31(2)29/h3-8,11-13H,9-10H2,1-2H3,(H,25,26,27,28)/b20-11-,24-13?. The lowest BCUT2D eigenvalue weighted by molar-refractivity contribution is 0.152. The summed E-state index contributed by atoms with van der Waals surface area (Å²) in [6.45, 7) is 2.35. The van der Waals surface area contributed by atoms with E-state index < -0.39 is 10.8 Å². The van der Waals surface area contributed by atoms with E-state index in [1.807, 2.05) is 31.2 Å². The van der Waals surface area contributed by atoms with Crippen LogP contribution in [-0.2, 0) is 15.6 Å². The Morgan fingerprint density at radius 3 is 2.71 bits per heavy atom. The highest BCUT2D eigenvalue weighted by Gasteiger charge is 2.24. The number of fused-ring (bicyclic) bond motifs is 1. The van der Waals surface area contributed by atoms with Crippen LogP contribution in [0.15, 0.2) is 58.1 Å². The zero-order valence-corrected chi connectivity index (χ0v) is 17.8. The Hall–Kier alpha value is -3.46. The number of aromatic amines is 1. The highest BCUT2D eigenvalue weighted by molar-refractivity contribution is 7.84. The first kappa shape index (κ1) is 20.8. The topological polar surface area (TPSA) is 93.1 Å². The summed E-state index contributed by atoms with van der Waals surface area (Å²) in [4.78, 5) is 6.10. The van der Waals surface area contributed by atoms with Gasteiger partial charge < -0.3 is 4.84 Å². The summed E-state index contributed by atoms with van der Waals surface area (Å²) in [5, 5.41) is 17.1. The zero-order chi connectivity index (χ0) is 21.8. The van der Waals surface area contributed by atoms with Gasteiger partial charge in [-0.3, -0.25) is 4.21 Å². The molecule has 1 heterocycles. The number of aromatic nitrogens is 4. The zero-order valence-electron chi connectivity index (χ0n) is 17.0. The number of rotatable bonds is 7. The molecule has 0 fully saturated rings. The van der Waals surface area contributed by atoms with Crippen molar-refractivity contribution in [2.24, 2.45) is 5.16 Å². The van der Waals surface area contributed by atoms with E-state index in [4.69, 9.17) is 4.84 Å². The normalized spacial score (nSPS) is 15.6. The van der Waals surface area contributed by atoms with Crippen LogP contribution in [0.1, 0.15) is 35.9 Å². The first-order valence-electron chi connectivity index (χ1n) is 9.57. The Morgan fingerprint density at radius 2 is 2.00 bits per heavy atom. The van der Waals surface area contributed by atoms with Crippen LogP contribution in [0.2, 0.25) is 0 Å². The fourth-order valence-electron chi connectivity index (χ4n) is 3.51. The maximum atomic E-state index is 14.0. The van der Waals surface area contributed by atoms with Gasteiger partial charge in [-0.2, -0.15) is 5.21 Å². The van der Waals surface area contributed by atoms with E-state index in [0.29, 0.717) is 18.9 Å². The van der Waals surface area contributed by atoms with Gasteiger partial charge in [0.15, 0.2) is 0 Å². The SMILES string of the molecule is CC1=C(CCON=Cc2nn[nH]n2)c2cc(F)ccc2/C1=C\c1ccc(S(C)=O)cc1. The molecule has 9 heteroatoms. The molecular formula is C22H20FN5O2S. The Kier molecular flexibility index (Phi) is 6.13. The number of H-pyrrole nitrogens is 1. The number of tetrazole rings is 1. The molecule has 1 aliphatic carbocycles. The predicted molar refractivity (Wildman–Crippen MR) is 118 cm³/mol. The molecule has 2 aromatic carbocycles. The Morgan fingerprint density at radius 1 is 1.19 bits per heavy atom. The van der Waals surface area contributed by atoms with Crippen LogP contribution in [0, 0.1) is 5.82 Å². The smallest absolute Gasteiger partial charge is 0.218 e. The molecule has 1 aliphatic rings. The van der Waals surface area contributed by atoms with Gasteiger partial charge in [0, 0.05) is 28.4 Å². The molecule has 1 unspecified atom stereocenters. The van der Waals surface area contributed by atoms with Gasteiger partial charge in [0.1, 0.15) is 18.6 Å². The molecule has 0 radical (unpaired) electrons. The van der Waals surface area contributed by atoms with Gasteiger partial charge in [-0.15, -0.1) is 10.2 Å². The molecule has 0 spiro atoms. The molecule has 0 amide bonds. The fraction of sp³-hybridized carbons (Fsp3) is 0.182. The minimum atomic E-state index is -1.02. The average molecular weight is 438 g/mol. The molecule has 158 valence electrons. The van der Waals surface area contributed by atoms with Gasteiger partial charge in [0.2, 0.25) is 5.82 Å². The van der Waals surface area contributed by atoms with Crippen LogP contribution in [0.3, 0.4) is 0 Å². The van der Waals surface area contributed by atoms with Crippen LogP contribution in [0.4, 0.5) is 4.39 Å². The molecule has 1 atom stereocenters. The van der Waals surface area contributed by atoms with Crippen molar-refractivity contribution < 1.29 is 13.4 Å². The van der Waals surface area contributed by atoms with E-state index in [1.165, 1.54) is 12.3 Å². The molecule has 1 N–H and O–H groups in total. The van der Waals surface area contributed by atoms with Gasteiger partial charge in [-0.25, -0.2) is 4.39 Å². The van der Waals surface area contributed by atoms with E-state index in [9.17, 15) is 8.60 Å². The van der Waals surface area contributed by atoms with Crippen molar-refractivity contribution in [1.82, 2.24) is 20.6 Å². The lowest BCUT2D eigenvalue weighted by Gasteiger charge is -2.05. The molecule has 1 aromatic heterocycles. The van der Waals surface area contributed by atoms with E-state index in [1.54, 1.807) is 18.4 Å². The summed E-state index contributed by atoms with van der Waals surface area (Å²) < 4.78 is 25.6. The number of oxime groups is 1. The first-order valence-corrected chi connectivity index (χ1v) is 11.1. The van der Waals surface area contributed by atoms with Crippen LogP contribution in [0.25, 0.3) is 17.2 Å². The average Bonchev–Trinajstić information content (AvgIpc) is 3.36. The van der Waals surface area contributed by atoms with Crippen LogP contribution in [-0.4, -0.2) is 43.9 Å². The van der Waals surface area contributed by atoms with Gasteiger partial charge in [-0.1, -0.05) is 23.4 Å². The maximum absolute atomic E-state index is 14.0.